The van der Waals surface area contributed by atoms with E-state index in [9.17, 15) is 10.1 Å². The third kappa shape index (κ3) is 3.83. The lowest BCUT2D eigenvalue weighted by atomic mass is 10.1. The molecule has 5 rings (SSSR count). The first kappa shape index (κ1) is 20.5. The molecule has 0 spiro atoms. The fourth-order valence-electron chi connectivity index (χ4n) is 4.22. The van der Waals surface area contributed by atoms with Crippen molar-refractivity contribution in [2.24, 2.45) is 0 Å². The van der Waals surface area contributed by atoms with Crippen molar-refractivity contribution in [1.29, 1.82) is 5.26 Å². The minimum atomic E-state index is -0.0923. The molecule has 1 saturated heterocycles. The number of hydrogen-bond donors (Lipinski definition) is 0. The highest BCUT2D eigenvalue weighted by molar-refractivity contribution is 5.95. The maximum Gasteiger partial charge on any atom is 0.246 e. The van der Waals surface area contributed by atoms with E-state index < -0.39 is 0 Å². The molecule has 0 unspecified atom stereocenters. The topological polar surface area (TPSA) is 84.0 Å². The van der Waals surface area contributed by atoms with Gasteiger partial charge in [-0.15, -0.1) is 0 Å². The van der Waals surface area contributed by atoms with E-state index in [-0.39, 0.29) is 11.9 Å². The number of benzene rings is 2. The van der Waals surface area contributed by atoms with Crippen LogP contribution in [0.5, 0.6) is 11.5 Å². The fraction of sp³-hybridized carbons (Fsp3) is 0.154. The van der Waals surface area contributed by atoms with Gasteiger partial charge in [0.1, 0.15) is 23.3 Å². The Labute approximate surface area is 191 Å². The van der Waals surface area contributed by atoms with Gasteiger partial charge in [0.05, 0.1) is 17.1 Å². The second-order valence-corrected chi connectivity index (χ2v) is 7.86. The largest absolute Gasteiger partial charge is 0.457 e. The van der Waals surface area contributed by atoms with Gasteiger partial charge in [-0.2, -0.15) is 10.4 Å². The third-order valence-electron chi connectivity index (χ3n) is 5.83. The smallest absolute Gasteiger partial charge is 0.246 e. The Morgan fingerprint density at radius 1 is 1.12 bits per heavy atom. The molecule has 7 nitrogen and oxygen atoms in total. The Hall–Kier alpha value is -4.44. The number of aromatic nitrogens is 3. The summed E-state index contributed by atoms with van der Waals surface area (Å²) in [6.45, 7) is 4.74. The van der Waals surface area contributed by atoms with Gasteiger partial charge in [0.25, 0.3) is 0 Å². The molecule has 1 aliphatic heterocycles. The summed E-state index contributed by atoms with van der Waals surface area (Å²) in [6.07, 6.45) is 5.39. The normalized spacial score (nSPS) is 15.4. The van der Waals surface area contributed by atoms with Crippen LogP contribution >= 0.6 is 0 Å². The summed E-state index contributed by atoms with van der Waals surface area (Å²) in [4.78, 5) is 18.1. The molecule has 162 valence electrons. The molecule has 2 aromatic heterocycles. The molecule has 7 heteroatoms. The standard InChI is InChI=1S/C26H21N5O2/c1-2-24(32)30-13-12-20(17-30)31-26-19(14-27)15-28-16-23(26)25(29-31)18-8-10-22(11-9-18)33-21-6-4-3-5-7-21/h2-11,15-16,20H,1,12-13,17H2/t20-/m1/s1. The first-order chi connectivity index (χ1) is 16.2. The van der Waals surface area contributed by atoms with E-state index in [1.165, 1.54) is 6.08 Å². The maximum absolute atomic E-state index is 12.1. The first-order valence-corrected chi connectivity index (χ1v) is 10.7. The molecule has 2 aromatic carbocycles. The second-order valence-electron chi connectivity index (χ2n) is 7.86. The Morgan fingerprint density at radius 3 is 2.61 bits per heavy atom. The number of nitrogens with zero attached hydrogens (tertiary/aromatic N) is 5. The van der Waals surface area contributed by atoms with Crippen molar-refractivity contribution < 1.29 is 9.53 Å². The summed E-state index contributed by atoms with van der Waals surface area (Å²) in [7, 11) is 0. The Balaban J connectivity index is 1.52. The molecule has 0 bridgehead atoms. The summed E-state index contributed by atoms with van der Waals surface area (Å²) in [6, 6.07) is 19.5. The van der Waals surface area contributed by atoms with Gasteiger partial charge >= 0.3 is 0 Å². The number of pyridine rings is 1. The van der Waals surface area contributed by atoms with E-state index in [1.807, 2.05) is 59.3 Å². The maximum atomic E-state index is 12.1. The zero-order chi connectivity index (χ0) is 22.8. The number of amides is 1. The summed E-state index contributed by atoms with van der Waals surface area (Å²) >= 11 is 0. The first-order valence-electron chi connectivity index (χ1n) is 10.7. The summed E-state index contributed by atoms with van der Waals surface area (Å²) in [5.41, 5.74) is 2.84. The molecule has 1 atom stereocenters. The lowest BCUT2D eigenvalue weighted by Gasteiger charge is -2.15. The van der Waals surface area contributed by atoms with Crippen molar-refractivity contribution in [2.75, 3.05) is 13.1 Å². The van der Waals surface area contributed by atoms with Crippen molar-refractivity contribution in [3.63, 3.8) is 0 Å². The molecule has 4 aromatic rings. The predicted octanol–water partition coefficient (Wildman–Crippen LogP) is 4.72. The number of para-hydroxylation sites is 1. The van der Waals surface area contributed by atoms with E-state index in [4.69, 9.17) is 9.84 Å². The van der Waals surface area contributed by atoms with Gasteiger partial charge in [0.2, 0.25) is 5.91 Å². The van der Waals surface area contributed by atoms with Gasteiger partial charge in [-0.1, -0.05) is 24.8 Å². The van der Waals surface area contributed by atoms with E-state index >= 15 is 0 Å². The fourth-order valence-corrected chi connectivity index (χ4v) is 4.22. The number of nitriles is 1. The lowest BCUT2D eigenvalue weighted by Crippen LogP contribution is -2.27. The van der Waals surface area contributed by atoms with E-state index in [2.05, 4.69) is 17.6 Å². The predicted molar refractivity (Wildman–Crippen MR) is 125 cm³/mol. The monoisotopic (exact) mass is 435 g/mol. The van der Waals surface area contributed by atoms with Crippen LogP contribution in [0.1, 0.15) is 18.0 Å². The molecule has 0 saturated carbocycles. The molecule has 0 radical (unpaired) electrons. The number of likely N-dealkylation sites (tertiary alicyclic amines) is 1. The quantitative estimate of drug-likeness (QED) is 0.424. The van der Waals surface area contributed by atoms with Crippen LogP contribution in [-0.4, -0.2) is 38.7 Å². The molecule has 1 fully saturated rings. The number of hydrogen-bond acceptors (Lipinski definition) is 5. The Morgan fingerprint density at radius 2 is 1.88 bits per heavy atom. The van der Waals surface area contributed by atoms with Crippen LogP contribution < -0.4 is 4.74 Å². The minimum Gasteiger partial charge on any atom is -0.457 e. The van der Waals surface area contributed by atoms with Gasteiger partial charge in [-0.05, 0) is 48.9 Å². The molecule has 1 amide bonds. The summed E-state index contributed by atoms with van der Waals surface area (Å²) in [5.74, 6) is 1.40. The van der Waals surface area contributed by atoms with Crippen LogP contribution in [-0.2, 0) is 4.79 Å². The van der Waals surface area contributed by atoms with E-state index in [0.717, 1.165) is 40.1 Å². The van der Waals surface area contributed by atoms with Crippen molar-refractivity contribution >= 4 is 16.8 Å². The van der Waals surface area contributed by atoms with Crippen LogP contribution in [0.25, 0.3) is 22.2 Å². The van der Waals surface area contributed by atoms with Gasteiger partial charge in [0, 0.05) is 36.4 Å². The lowest BCUT2D eigenvalue weighted by molar-refractivity contribution is -0.125. The van der Waals surface area contributed by atoms with Crippen LogP contribution in [0, 0.1) is 11.3 Å². The van der Waals surface area contributed by atoms with Crippen LogP contribution in [0.2, 0.25) is 0 Å². The summed E-state index contributed by atoms with van der Waals surface area (Å²) < 4.78 is 7.78. The van der Waals surface area contributed by atoms with Crippen LogP contribution in [0.15, 0.2) is 79.6 Å². The minimum absolute atomic E-state index is 0.0275. The Kier molecular flexibility index (Phi) is 5.33. The molecular weight excluding hydrogens is 414 g/mol. The van der Waals surface area contributed by atoms with E-state index in [0.29, 0.717) is 18.7 Å². The van der Waals surface area contributed by atoms with Crippen LogP contribution in [0.3, 0.4) is 0 Å². The molecule has 0 N–H and O–H groups in total. The molecule has 3 heterocycles. The summed E-state index contributed by atoms with van der Waals surface area (Å²) in [5, 5.41) is 15.4. The third-order valence-corrected chi connectivity index (χ3v) is 5.83. The number of carbonyl (C=O) groups excluding carboxylic acids is 1. The van der Waals surface area contributed by atoms with Crippen LogP contribution in [0.4, 0.5) is 0 Å². The highest BCUT2D eigenvalue weighted by atomic mass is 16.5. The number of ether oxygens (including phenoxy) is 1. The zero-order valence-electron chi connectivity index (χ0n) is 17.9. The van der Waals surface area contributed by atoms with Gasteiger partial charge in [0.15, 0.2) is 0 Å². The van der Waals surface area contributed by atoms with Crippen molar-refractivity contribution in [2.45, 2.75) is 12.5 Å². The van der Waals surface area contributed by atoms with Crippen molar-refractivity contribution in [1.82, 2.24) is 19.7 Å². The SMILES string of the molecule is C=CC(=O)N1CC[C@@H](n2nc(-c3ccc(Oc4ccccc4)cc3)c3cncc(C#N)c32)C1. The number of fused-ring (bicyclic) bond motifs is 1. The van der Waals surface area contributed by atoms with Crippen molar-refractivity contribution in [3.05, 3.63) is 85.2 Å². The van der Waals surface area contributed by atoms with Gasteiger partial charge in [-0.3, -0.25) is 14.5 Å². The van der Waals surface area contributed by atoms with Crippen molar-refractivity contribution in [3.8, 4) is 28.8 Å². The Bertz CT molecular complexity index is 1370. The van der Waals surface area contributed by atoms with Gasteiger partial charge in [-0.25, -0.2) is 0 Å². The molecule has 1 aliphatic rings. The molecular formula is C26H21N5O2. The number of carbonyl (C=O) groups is 1. The second kappa shape index (κ2) is 8.60. The highest BCUT2D eigenvalue weighted by Gasteiger charge is 2.29. The molecule has 0 aliphatic carbocycles. The molecule has 33 heavy (non-hydrogen) atoms. The average molecular weight is 435 g/mol. The zero-order valence-corrected chi connectivity index (χ0v) is 17.9. The van der Waals surface area contributed by atoms with E-state index in [1.54, 1.807) is 17.3 Å². The average Bonchev–Trinajstić information content (AvgIpc) is 3.50. The highest BCUT2D eigenvalue weighted by Crippen LogP contribution is 2.34. The van der Waals surface area contributed by atoms with Gasteiger partial charge < -0.3 is 9.64 Å². The number of rotatable bonds is 5.